The molecule has 0 saturated carbocycles. The van der Waals surface area contributed by atoms with Crippen LogP contribution >= 0.6 is 23.1 Å². The second-order valence-electron chi connectivity index (χ2n) is 8.66. The van der Waals surface area contributed by atoms with Crippen molar-refractivity contribution in [3.8, 4) is 16.2 Å². The van der Waals surface area contributed by atoms with Gasteiger partial charge in [0.1, 0.15) is 23.4 Å². The molecule has 0 fully saturated rings. The van der Waals surface area contributed by atoms with Crippen molar-refractivity contribution in [1.82, 2.24) is 18.9 Å². The van der Waals surface area contributed by atoms with Crippen molar-refractivity contribution in [2.45, 2.75) is 33.2 Å². The lowest BCUT2D eigenvalue weighted by Gasteiger charge is -2.16. The summed E-state index contributed by atoms with van der Waals surface area (Å²) in [5, 5.41) is 1.39. The number of benzene rings is 1. The van der Waals surface area contributed by atoms with Crippen LogP contribution in [0, 0.1) is 13.8 Å². The maximum Gasteiger partial charge on any atom is 0.421 e. The molecule has 0 bridgehead atoms. The SMILES string of the molecule is Cc1cc(-c2sncc2Cl)c2cccc(OCc3c(C)ccnc3Cn3cccc(C(F)(F)F)c3=O)c2n1. The molecule has 4 heterocycles. The zero-order valence-corrected chi connectivity index (χ0v) is 21.8. The van der Waals surface area contributed by atoms with Gasteiger partial charge in [0.25, 0.3) is 5.56 Å². The van der Waals surface area contributed by atoms with E-state index in [1.807, 2.05) is 32.0 Å². The molecule has 5 aromatic rings. The van der Waals surface area contributed by atoms with Crippen LogP contribution in [0.1, 0.15) is 28.1 Å². The molecule has 0 atom stereocenters. The number of rotatable bonds is 6. The number of hydrogen-bond acceptors (Lipinski definition) is 6. The lowest BCUT2D eigenvalue weighted by Crippen LogP contribution is -2.29. The molecule has 38 heavy (non-hydrogen) atoms. The molecule has 5 rings (SSSR count). The van der Waals surface area contributed by atoms with E-state index < -0.39 is 17.3 Å². The number of pyridine rings is 3. The lowest BCUT2D eigenvalue weighted by molar-refractivity contribution is -0.138. The molecule has 0 aliphatic carbocycles. The number of ether oxygens (including phenoxy) is 1. The Labute approximate surface area is 224 Å². The third-order valence-electron chi connectivity index (χ3n) is 6.10. The molecule has 0 saturated heterocycles. The highest BCUT2D eigenvalue weighted by Gasteiger charge is 2.34. The number of halogens is 4. The molecule has 0 N–H and O–H groups in total. The molecule has 0 aliphatic rings. The Morgan fingerprint density at radius 1 is 1.13 bits per heavy atom. The fourth-order valence-electron chi connectivity index (χ4n) is 4.23. The quantitative estimate of drug-likeness (QED) is 0.229. The highest BCUT2D eigenvalue weighted by Crippen LogP contribution is 2.38. The van der Waals surface area contributed by atoms with E-state index in [4.69, 9.17) is 21.3 Å². The minimum absolute atomic E-state index is 0.0775. The van der Waals surface area contributed by atoms with Crippen LogP contribution < -0.4 is 10.3 Å². The summed E-state index contributed by atoms with van der Waals surface area (Å²) < 4.78 is 51.1. The van der Waals surface area contributed by atoms with Gasteiger partial charge in [0.15, 0.2) is 0 Å². The first-order valence-corrected chi connectivity index (χ1v) is 12.6. The lowest BCUT2D eigenvalue weighted by atomic mass is 10.1. The Kier molecular flexibility index (Phi) is 6.93. The van der Waals surface area contributed by atoms with Gasteiger partial charge in [-0.1, -0.05) is 23.7 Å². The molecule has 0 aliphatic heterocycles. The summed E-state index contributed by atoms with van der Waals surface area (Å²) in [5.41, 5.74) is 1.90. The molecule has 11 heteroatoms. The Bertz CT molecular complexity index is 1720. The largest absolute Gasteiger partial charge is 0.487 e. The second kappa shape index (κ2) is 10.2. The van der Waals surface area contributed by atoms with E-state index >= 15 is 0 Å². The summed E-state index contributed by atoms with van der Waals surface area (Å²) in [6, 6.07) is 11.3. The molecule has 194 valence electrons. The van der Waals surface area contributed by atoms with Crippen LogP contribution in [0.3, 0.4) is 0 Å². The fraction of sp³-hybridized carbons (Fsp3) is 0.185. The van der Waals surface area contributed by atoms with Gasteiger partial charge in [-0.15, -0.1) is 0 Å². The third kappa shape index (κ3) is 5.01. The maximum atomic E-state index is 13.3. The molecule has 4 aromatic heterocycles. The van der Waals surface area contributed by atoms with Crippen LogP contribution in [0.5, 0.6) is 5.75 Å². The van der Waals surface area contributed by atoms with Crippen molar-refractivity contribution < 1.29 is 17.9 Å². The molecule has 0 amide bonds. The smallest absolute Gasteiger partial charge is 0.421 e. The summed E-state index contributed by atoms with van der Waals surface area (Å²) in [6.07, 6.45) is -0.268. The van der Waals surface area contributed by atoms with Crippen LogP contribution in [0.4, 0.5) is 13.2 Å². The number of fused-ring (bicyclic) bond motifs is 1. The topological polar surface area (TPSA) is 69.9 Å². The van der Waals surface area contributed by atoms with Crippen LogP contribution in [0.25, 0.3) is 21.3 Å². The summed E-state index contributed by atoms with van der Waals surface area (Å²) in [6.45, 7) is 3.68. The van der Waals surface area contributed by atoms with Crippen LogP contribution in [0.15, 0.2) is 65.8 Å². The van der Waals surface area contributed by atoms with Crippen molar-refractivity contribution in [2.75, 3.05) is 0 Å². The standard InChI is InChI=1S/C27H20ClF3N4O2S/c1-15-8-9-32-22(13-35-10-4-6-20(26(35)36)27(29,30)31)19(15)14-37-23-7-3-5-17-18(11-16(2)34-24(17)23)25-21(28)12-33-38-25/h3-12H,13-14H2,1-2H3. The highest BCUT2D eigenvalue weighted by molar-refractivity contribution is 7.10. The van der Waals surface area contributed by atoms with Gasteiger partial charge in [0, 0.05) is 34.6 Å². The van der Waals surface area contributed by atoms with Crippen molar-refractivity contribution in [3.63, 3.8) is 0 Å². The molecular formula is C27H20ClF3N4O2S. The number of aryl methyl sites for hydroxylation is 2. The molecular weight excluding hydrogens is 537 g/mol. The van der Waals surface area contributed by atoms with Gasteiger partial charge in [0.2, 0.25) is 0 Å². The van der Waals surface area contributed by atoms with Gasteiger partial charge < -0.3 is 9.30 Å². The van der Waals surface area contributed by atoms with E-state index in [0.717, 1.165) is 37.7 Å². The average molecular weight is 557 g/mol. The number of aromatic nitrogens is 4. The normalized spacial score (nSPS) is 11.7. The Balaban J connectivity index is 1.50. The summed E-state index contributed by atoms with van der Waals surface area (Å²) in [4.78, 5) is 22.4. The van der Waals surface area contributed by atoms with Gasteiger partial charge in [-0.2, -0.15) is 17.5 Å². The third-order valence-corrected chi connectivity index (χ3v) is 7.33. The minimum atomic E-state index is -4.74. The fourth-order valence-corrected chi connectivity index (χ4v) is 5.21. The Hall–Kier alpha value is -3.76. The monoisotopic (exact) mass is 556 g/mol. The van der Waals surface area contributed by atoms with Crippen molar-refractivity contribution in [2.24, 2.45) is 0 Å². The number of para-hydroxylation sites is 1. The predicted octanol–water partition coefficient (Wildman–Crippen LogP) is 6.83. The zero-order chi connectivity index (χ0) is 27.0. The van der Waals surface area contributed by atoms with E-state index in [1.165, 1.54) is 23.8 Å². The van der Waals surface area contributed by atoms with E-state index in [1.54, 1.807) is 24.5 Å². The molecule has 1 aromatic carbocycles. The van der Waals surface area contributed by atoms with E-state index in [2.05, 4.69) is 9.36 Å². The van der Waals surface area contributed by atoms with Gasteiger partial charge in [-0.25, -0.2) is 4.98 Å². The zero-order valence-electron chi connectivity index (χ0n) is 20.2. The van der Waals surface area contributed by atoms with E-state index in [9.17, 15) is 18.0 Å². The van der Waals surface area contributed by atoms with Gasteiger partial charge >= 0.3 is 6.18 Å². The number of alkyl halides is 3. The Morgan fingerprint density at radius 3 is 2.68 bits per heavy atom. The average Bonchev–Trinajstić information content (AvgIpc) is 3.29. The van der Waals surface area contributed by atoms with Crippen LogP contribution in [-0.4, -0.2) is 18.9 Å². The van der Waals surface area contributed by atoms with Gasteiger partial charge in [0.05, 0.1) is 28.3 Å². The van der Waals surface area contributed by atoms with Gasteiger partial charge in [-0.3, -0.25) is 9.78 Å². The summed E-state index contributed by atoms with van der Waals surface area (Å²) in [7, 11) is 0. The van der Waals surface area contributed by atoms with Gasteiger partial charge in [-0.05, 0) is 61.3 Å². The van der Waals surface area contributed by atoms with E-state index in [-0.39, 0.29) is 13.2 Å². The van der Waals surface area contributed by atoms with Crippen molar-refractivity contribution in [1.29, 1.82) is 0 Å². The predicted molar refractivity (Wildman–Crippen MR) is 141 cm³/mol. The molecule has 6 nitrogen and oxygen atoms in total. The summed E-state index contributed by atoms with van der Waals surface area (Å²) >= 11 is 7.65. The molecule has 0 spiro atoms. The molecule has 0 radical (unpaired) electrons. The number of nitrogens with zero attached hydrogens (tertiary/aromatic N) is 4. The second-order valence-corrected chi connectivity index (χ2v) is 9.87. The highest BCUT2D eigenvalue weighted by atomic mass is 35.5. The Morgan fingerprint density at radius 2 is 1.95 bits per heavy atom. The van der Waals surface area contributed by atoms with Crippen molar-refractivity contribution >= 4 is 34.0 Å². The number of hydrogen-bond donors (Lipinski definition) is 0. The first kappa shape index (κ1) is 25.9. The summed E-state index contributed by atoms with van der Waals surface area (Å²) in [5.74, 6) is 0.526. The van der Waals surface area contributed by atoms with E-state index in [0.29, 0.717) is 27.5 Å². The van der Waals surface area contributed by atoms with Crippen LogP contribution in [-0.2, 0) is 19.3 Å². The first-order chi connectivity index (χ1) is 18.1. The maximum absolute atomic E-state index is 13.3. The first-order valence-electron chi connectivity index (χ1n) is 11.5. The van der Waals surface area contributed by atoms with Crippen LogP contribution in [0.2, 0.25) is 5.02 Å². The van der Waals surface area contributed by atoms with Crippen molar-refractivity contribution in [3.05, 3.63) is 105 Å². The molecule has 0 unspecified atom stereocenters. The minimum Gasteiger partial charge on any atom is -0.487 e.